The second-order valence-corrected chi connectivity index (χ2v) is 7.32. The molecular formula is C25H25NO5. The van der Waals surface area contributed by atoms with Gasteiger partial charge in [0.2, 0.25) is 0 Å². The van der Waals surface area contributed by atoms with Crippen LogP contribution in [-0.2, 0) is 9.53 Å². The highest BCUT2D eigenvalue weighted by molar-refractivity contribution is 6.23. The van der Waals surface area contributed by atoms with E-state index in [1.807, 2.05) is 63.2 Å². The average molecular weight is 419 g/mol. The first kappa shape index (κ1) is 20.7. The molecule has 1 unspecified atom stereocenters. The predicted octanol–water partition coefficient (Wildman–Crippen LogP) is 4.23. The van der Waals surface area contributed by atoms with E-state index in [9.17, 15) is 9.59 Å². The second kappa shape index (κ2) is 8.30. The summed E-state index contributed by atoms with van der Waals surface area (Å²) in [7, 11) is 1.35. The van der Waals surface area contributed by atoms with Crippen LogP contribution in [0.3, 0.4) is 0 Å². The Balaban J connectivity index is 1.92. The van der Waals surface area contributed by atoms with Gasteiger partial charge in [-0.25, -0.2) is 4.79 Å². The van der Waals surface area contributed by atoms with E-state index in [1.54, 1.807) is 0 Å². The molecule has 0 amide bonds. The lowest BCUT2D eigenvalue weighted by molar-refractivity contribution is -0.136. The van der Waals surface area contributed by atoms with Crippen molar-refractivity contribution in [3.8, 4) is 11.5 Å². The van der Waals surface area contributed by atoms with Crippen molar-refractivity contribution < 1.29 is 23.8 Å². The highest BCUT2D eigenvalue weighted by Gasteiger charge is 2.43. The first-order valence-corrected chi connectivity index (χ1v) is 10.4. The molecule has 0 spiro atoms. The summed E-state index contributed by atoms with van der Waals surface area (Å²) in [6.45, 7) is 6.60. The molecule has 2 aromatic carbocycles. The lowest BCUT2D eigenvalue weighted by atomic mass is 9.79. The molecule has 6 nitrogen and oxygen atoms in total. The van der Waals surface area contributed by atoms with Crippen LogP contribution >= 0.6 is 0 Å². The van der Waals surface area contributed by atoms with Gasteiger partial charge in [0.05, 0.1) is 31.6 Å². The molecule has 0 saturated heterocycles. The van der Waals surface area contributed by atoms with Gasteiger partial charge >= 0.3 is 5.97 Å². The molecule has 160 valence electrons. The molecule has 1 heterocycles. The van der Waals surface area contributed by atoms with Gasteiger partial charge in [-0.15, -0.1) is 0 Å². The Bertz CT molecular complexity index is 1130. The Kier molecular flexibility index (Phi) is 5.55. The van der Waals surface area contributed by atoms with Crippen LogP contribution in [0.5, 0.6) is 11.5 Å². The quantitative estimate of drug-likeness (QED) is 0.707. The van der Waals surface area contributed by atoms with E-state index in [1.165, 1.54) is 7.11 Å². The molecule has 1 N–H and O–H groups in total. The topological polar surface area (TPSA) is 73.9 Å². The van der Waals surface area contributed by atoms with Crippen LogP contribution in [0.1, 0.15) is 48.2 Å². The number of carbonyl (C=O) groups excluding carboxylic acids is 2. The molecule has 1 aliphatic heterocycles. The van der Waals surface area contributed by atoms with Crippen molar-refractivity contribution in [1.82, 2.24) is 5.32 Å². The lowest BCUT2D eigenvalue weighted by Gasteiger charge is -2.29. The van der Waals surface area contributed by atoms with E-state index in [2.05, 4.69) is 5.32 Å². The third-order valence-electron chi connectivity index (χ3n) is 5.55. The molecule has 1 aliphatic carbocycles. The number of carbonyl (C=O) groups is 2. The molecule has 0 aromatic heterocycles. The van der Waals surface area contributed by atoms with E-state index in [4.69, 9.17) is 14.2 Å². The summed E-state index contributed by atoms with van der Waals surface area (Å²) >= 11 is 0. The Morgan fingerprint density at radius 2 is 1.68 bits per heavy atom. The molecule has 2 aliphatic rings. The number of ether oxygens (including phenoxy) is 3. The lowest BCUT2D eigenvalue weighted by Crippen LogP contribution is -2.29. The monoisotopic (exact) mass is 419 g/mol. The summed E-state index contributed by atoms with van der Waals surface area (Å²) in [5.41, 5.74) is 4.58. The number of esters is 1. The fraction of sp³-hybridized carbons (Fsp3) is 0.280. The zero-order valence-electron chi connectivity index (χ0n) is 18.1. The Hall–Kier alpha value is -3.54. The Morgan fingerprint density at radius 1 is 1.00 bits per heavy atom. The minimum atomic E-state index is -0.585. The summed E-state index contributed by atoms with van der Waals surface area (Å²) in [5.74, 6) is 0.0458. The summed E-state index contributed by atoms with van der Waals surface area (Å²) in [4.78, 5) is 26.2. The highest BCUT2D eigenvalue weighted by Crippen LogP contribution is 2.47. The summed E-state index contributed by atoms with van der Waals surface area (Å²) < 4.78 is 16.6. The number of Topliss-reactive ketones (excluding diaryl/α,β-unsaturated/α-hetero) is 1. The molecule has 0 bridgehead atoms. The molecule has 4 rings (SSSR count). The van der Waals surface area contributed by atoms with Gasteiger partial charge in [-0.05, 0) is 38.5 Å². The van der Waals surface area contributed by atoms with Crippen LogP contribution in [0.4, 0.5) is 0 Å². The van der Waals surface area contributed by atoms with E-state index in [-0.39, 0.29) is 5.78 Å². The smallest absolute Gasteiger partial charge is 0.336 e. The first-order valence-electron chi connectivity index (χ1n) is 10.4. The standard InChI is InChI=1S/C25H25NO5/c1-5-30-18-12-11-15(13-19(18)31-6-2)21-20(25(28)29-4)14(3)26-23-16-9-7-8-10-17(16)24(27)22(21)23/h7-13,21,26H,5-6H2,1-4H3. The van der Waals surface area contributed by atoms with Crippen molar-refractivity contribution >= 4 is 17.4 Å². The maximum Gasteiger partial charge on any atom is 0.336 e. The summed E-state index contributed by atoms with van der Waals surface area (Å²) in [5, 5.41) is 3.28. The number of allylic oxidation sites excluding steroid dienone is 2. The fourth-order valence-electron chi connectivity index (χ4n) is 4.29. The number of hydrogen-bond acceptors (Lipinski definition) is 6. The van der Waals surface area contributed by atoms with E-state index in [0.29, 0.717) is 47.1 Å². The normalized spacial score (nSPS) is 17.2. The number of dihydropyridines is 1. The maximum absolute atomic E-state index is 13.4. The SMILES string of the molecule is CCOc1ccc(C2C(C(=O)OC)=C(C)NC3=C2C(=O)c2ccccc23)cc1OCC. The number of benzene rings is 2. The highest BCUT2D eigenvalue weighted by atomic mass is 16.5. The van der Waals surface area contributed by atoms with Crippen molar-refractivity contribution in [3.05, 3.63) is 76.0 Å². The zero-order chi connectivity index (χ0) is 22.1. The largest absolute Gasteiger partial charge is 0.490 e. The van der Waals surface area contributed by atoms with Gasteiger partial charge in [-0.3, -0.25) is 4.79 Å². The van der Waals surface area contributed by atoms with E-state index < -0.39 is 11.9 Å². The summed E-state index contributed by atoms with van der Waals surface area (Å²) in [6.07, 6.45) is 0. The van der Waals surface area contributed by atoms with Crippen LogP contribution in [-0.4, -0.2) is 32.1 Å². The third kappa shape index (κ3) is 3.38. The van der Waals surface area contributed by atoms with E-state index >= 15 is 0 Å². The minimum absolute atomic E-state index is 0.0937. The van der Waals surface area contributed by atoms with Crippen LogP contribution in [0.2, 0.25) is 0 Å². The number of methoxy groups -OCH3 is 1. The zero-order valence-corrected chi connectivity index (χ0v) is 18.1. The van der Waals surface area contributed by atoms with Crippen LogP contribution < -0.4 is 14.8 Å². The molecule has 0 fully saturated rings. The Labute approximate surface area is 181 Å². The molecule has 0 saturated carbocycles. The minimum Gasteiger partial charge on any atom is -0.490 e. The van der Waals surface area contributed by atoms with Crippen LogP contribution in [0, 0.1) is 0 Å². The third-order valence-corrected chi connectivity index (χ3v) is 5.55. The van der Waals surface area contributed by atoms with Gasteiger partial charge < -0.3 is 19.5 Å². The van der Waals surface area contributed by atoms with Crippen LogP contribution in [0.15, 0.2) is 59.3 Å². The predicted molar refractivity (Wildman–Crippen MR) is 117 cm³/mol. The summed E-state index contributed by atoms with van der Waals surface area (Å²) in [6, 6.07) is 13.0. The van der Waals surface area contributed by atoms with Crippen LogP contribution in [0.25, 0.3) is 5.70 Å². The number of fused-ring (bicyclic) bond motifs is 2. The molecule has 31 heavy (non-hydrogen) atoms. The Morgan fingerprint density at radius 3 is 2.35 bits per heavy atom. The van der Waals surface area contributed by atoms with Gasteiger partial charge in [-0.2, -0.15) is 0 Å². The van der Waals surface area contributed by atoms with Crippen molar-refractivity contribution in [2.24, 2.45) is 0 Å². The van der Waals surface area contributed by atoms with Crippen molar-refractivity contribution in [2.45, 2.75) is 26.7 Å². The number of nitrogens with one attached hydrogen (secondary N) is 1. The first-order chi connectivity index (χ1) is 15.0. The maximum atomic E-state index is 13.4. The van der Waals surface area contributed by atoms with Crippen molar-refractivity contribution in [1.29, 1.82) is 0 Å². The fourth-order valence-corrected chi connectivity index (χ4v) is 4.29. The number of ketones is 1. The van der Waals surface area contributed by atoms with E-state index in [0.717, 1.165) is 16.8 Å². The number of rotatable bonds is 6. The van der Waals surface area contributed by atoms with Gasteiger partial charge in [0, 0.05) is 28.3 Å². The molecule has 6 heteroatoms. The van der Waals surface area contributed by atoms with Crippen molar-refractivity contribution in [3.63, 3.8) is 0 Å². The molecule has 2 aromatic rings. The van der Waals surface area contributed by atoms with Gasteiger partial charge in [0.15, 0.2) is 17.3 Å². The second-order valence-electron chi connectivity index (χ2n) is 7.32. The van der Waals surface area contributed by atoms with Gasteiger partial charge in [0.1, 0.15) is 0 Å². The molecule has 0 radical (unpaired) electrons. The molecule has 1 atom stereocenters. The van der Waals surface area contributed by atoms with Gasteiger partial charge in [-0.1, -0.05) is 30.3 Å². The molecular weight excluding hydrogens is 394 g/mol. The number of hydrogen-bond donors (Lipinski definition) is 1. The average Bonchev–Trinajstić information content (AvgIpc) is 3.06. The van der Waals surface area contributed by atoms with Crippen molar-refractivity contribution in [2.75, 3.05) is 20.3 Å². The van der Waals surface area contributed by atoms with Gasteiger partial charge in [0.25, 0.3) is 0 Å².